The summed E-state index contributed by atoms with van der Waals surface area (Å²) in [5.74, 6) is -0.850. The van der Waals surface area contributed by atoms with Gasteiger partial charge in [-0.3, -0.25) is 0 Å². The lowest BCUT2D eigenvalue weighted by Crippen LogP contribution is -2.68. The van der Waals surface area contributed by atoms with Crippen LogP contribution in [0.3, 0.4) is 0 Å². The Morgan fingerprint density at radius 3 is 1.88 bits per heavy atom. The van der Waals surface area contributed by atoms with E-state index in [0.717, 1.165) is 10.4 Å². The highest BCUT2D eigenvalue weighted by molar-refractivity contribution is 6.99. The highest BCUT2D eigenvalue weighted by atomic mass is 28.4. The predicted octanol–water partition coefficient (Wildman–Crippen LogP) is 2.16. The molecule has 0 spiro atoms. The van der Waals surface area contributed by atoms with E-state index < -0.39 is 44.8 Å². The Kier molecular flexibility index (Phi) is 6.13. The number of aliphatic hydroxyl groups is 2. The van der Waals surface area contributed by atoms with E-state index in [1.54, 1.807) is 13.8 Å². The average molecular weight is 459 g/mol. The van der Waals surface area contributed by atoms with Crippen LogP contribution < -0.4 is 10.4 Å². The third kappa shape index (κ3) is 3.86. The molecule has 32 heavy (non-hydrogen) atoms. The fourth-order valence-corrected chi connectivity index (χ4v) is 9.57. The van der Waals surface area contributed by atoms with Crippen LogP contribution in [0.4, 0.5) is 0 Å². The van der Waals surface area contributed by atoms with Gasteiger partial charge >= 0.3 is 0 Å². The van der Waals surface area contributed by atoms with Crippen molar-refractivity contribution in [3.8, 4) is 0 Å². The van der Waals surface area contributed by atoms with E-state index in [9.17, 15) is 10.2 Å². The number of hydrogen-bond donors (Lipinski definition) is 2. The number of ether oxygens (including phenoxy) is 3. The quantitative estimate of drug-likeness (QED) is 0.646. The highest BCUT2D eigenvalue weighted by Gasteiger charge is 2.62. The Balaban J connectivity index is 1.73. The molecule has 174 valence electrons. The van der Waals surface area contributed by atoms with Crippen molar-refractivity contribution >= 4 is 18.7 Å². The van der Waals surface area contributed by atoms with Crippen LogP contribution in [0, 0.1) is 0 Å². The fourth-order valence-electron chi connectivity index (χ4n) is 4.95. The fraction of sp³-hybridized carbons (Fsp3) is 0.520. The van der Waals surface area contributed by atoms with Crippen molar-refractivity contribution in [2.45, 2.75) is 69.5 Å². The first kappa shape index (κ1) is 23.6. The zero-order valence-corrected chi connectivity index (χ0v) is 20.4. The van der Waals surface area contributed by atoms with Crippen LogP contribution in [0.2, 0.25) is 5.04 Å². The molecule has 2 fully saturated rings. The van der Waals surface area contributed by atoms with Crippen molar-refractivity contribution in [3.05, 3.63) is 60.7 Å². The number of aliphatic hydroxyl groups excluding tert-OH is 2. The molecule has 2 saturated heterocycles. The van der Waals surface area contributed by atoms with Gasteiger partial charge in [-0.05, 0) is 29.3 Å². The molecule has 2 aromatic carbocycles. The van der Waals surface area contributed by atoms with Crippen molar-refractivity contribution in [3.63, 3.8) is 0 Å². The van der Waals surface area contributed by atoms with E-state index in [2.05, 4.69) is 45.0 Å². The molecular formula is C25H34O6Si. The van der Waals surface area contributed by atoms with Crippen molar-refractivity contribution in [1.82, 2.24) is 0 Å². The van der Waals surface area contributed by atoms with Crippen molar-refractivity contribution in [1.29, 1.82) is 0 Å². The maximum atomic E-state index is 11.1. The van der Waals surface area contributed by atoms with E-state index >= 15 is 0 Å². The molecule has 2 aliphatic rings. The van der Waals surface area contributed by atoms with Gasteiger partial charge in [-0.15, -0.1) is 0 Å². The average Bonchev–Trinajstić information content (AvgIpc) is 3.19. The van der Waals surface area contributed by atoms with Gasteiger partial charge in [0.05, 0.1) is 13.2 Å². The molecule has 7 heteroatoms. The van der Waals surface area contributed by atoms with Gasteiger partial charge in [0, 0.05) is 0 Å². The maximum Gasteiger partial charge on any atom is 0.261 e. The summed E-state index contributed by atoms with van der Waals surface area (Å²) < 4.78 is 24.7. The van der Waals surface area contributed by atoms with Gasteiger partial charge in [0.25, 0.3) is 8.32 Å². The molecule has 2 N–H and O–H groups in total. The third-order valence-electron chi connectivity index (χ3n) is 6.51. The smallest absolute Gasteiger partial charge is 0.261 e. The monoisotopic (exact) mass is 458 g/mol. The zero-order valence-electron chi connectivity index (χ0n) is 19.4. The lowest BCUT2D eigenvalue weighted by molar-refractivity contribution is -0.251. The van der Waals surface area contributed by atoms with Gasteiger partial charge in [-0.1, -0.05) is 81.4 Å². The van der Waals surface area contributed by atoms with Crippen LogP contribution in [-0.4, -0.2) is 61.6 Å². The zero-order chi connectivity index (χ0) is 23.2. The molecular weight excluding hydrogens is 424 g/mol. The first-order valence-corrected chi connectivity index (χ1v) is 13.0. The second-order valence-corrected chi connectivity index (χ2v) is 14.5. The SMILES string of the molecule is CC1(C)O[C@H]2O[C@](CO)(CO[Si](c3ccccc3)(c3ccccc3)C(C)(C)C)[C@H](O)[C@H]2O1. The summed E-state index contributed by atoms with van der Waals surface area (Å²) in [6, 6.07) is 20.5. The summed E-state index contributed by atoms with van der Waals surface area (Å²) in [7, 11) is -2.86. The summed E-state index contributed by atoms with van der Waals surface area (Å²) in [5.41, 5.74) is -1.33. The minimum absolute atomic E-state index is 0.0120. The Bertz CT molecular complexity index is 874. The van der Waals surface area contributed by atoms with E-state index in [1.807, 2.05) is 36.4 Å². The number of benzene rings is 2. The van der Waals surface area contributed by atoms with E-state index in [1.165, 1.54) is 0 Å². The van der Waals surface area contributed by atoms with Gasteiger partial charge in [-0.2, -0.15) is 0 Å². The number of rotatable bonds is 6. The van der Waals surface area contributed by atoms with Gasteiger partial charge in [-0.25, -0.2) is 0 Å². The van der Waals surface area contributed by atoms with Crippen LogP contribution in [0.25, 0.3) is 0 Å². The molecule has 4 atom stereocenters. The molecule has 0 bridgehead atoms. The van der Waals surface area contributed by atoms with Crippen molar-refractivity contribution in [2.75, 3.05) is 13.2 Å². The van der Waals surface area contributed by atoms with Gasteiger partial charge in [0.2, 0.25) is 0 Å². The maximum absolute atomic E-state index is 11.1. The first-order valence-electron chi connectivity index (χ1n) is 11.1. The number of fused-ring (bicyclic) bond motifs is 1. The second kappa shape index (κ2) is 8.33. The van der Waals surface area contributed by atoms with Crippen molar-refractivity contribution < 1.29 is 28.8 Å². The molecule has 2 heterocycles. The Labute approximate surface area is 191 Å². The molecule has 0 unspecified atom stereocenters. The standard InChI is InChI=1S/C25H34O6Si/c1-23(2,3)32(18-12-8-6-9-13-18,19-14-10-7-11-15-19)28-17-25(16-26)21(27)20-22(31-25)30-24(4,5)29-20/h6-15,20-22,26-27H,16-17H2,1-5H3/t20-,21-,22+,25-/m1/s1. The van der Waals surface area contributed by atoms with Crippen LogP contribution in [0.15, 0.2) is 60.7 Å². The summed E-state index contributed by atoms with van der Waals surface area (Å²) in [5, 5.41) is 23.5. The molecule has 0 saturated carbocycles. The van der Waals surface area contributed by atoms with Crippen LogP contribution >= 0.6 is 0 Å². The molecule has 4 rings (SSSR count). The lowest BCUT2D eigenvalue weighted by Gasteiger charge is -2.45. The molecule has 6 nitrogen and oxygen atoms in total. The topological polar surface area (TPSA) is 77.4 Å². The Morgan fingerprint density at radius 2 is 1.44 bits per heavy atom. The normalized spacial score (nSPS) is 29.8. The van der Waals surface area contributed by atoms with Crippen molar-refractivity contribution in [2.24, 2.45) is 0 Å². The largest absolute Gasteiger partial charge is 0.404 e. The first-order chi connectivity index (χ1) is 15.0. The predicted molar refractivity (Wildman–Crippen MR) is 124 cm³/mol. The van der Waals surface area contributed by atoms with Gasteiger partial charge < -0.3 is 28.8 Å². The van der Waals surface area contributed by atoms with Gasteiger partial charge in [0.15, 0.2) is 12.1 Å². The Morgan fingerprint density at radius 1 is 0.906 bits per heavy atom. The van der Waals surface area contributed by atoms with Gasteiger partial charge in [0.1, 0.15) is 17.8 Å². The molecule has 0 aromatic heterocycles. The Hall–Kier alpha value is -1.58. The minimum Gasteiger partial charge on any atom is -0.404 e. The molecule has 0 amide bonds. The third-order valence-corrected chi connectivity index (χ3v) is 11.5. The van der Waals surface area contributed by atoms with E-state index in [-0.39, 0.29) is 11.6 Å². The van der Waals surface area contributed by atoms with Crippen LogP contribution in [-0.2, 0) is 18.6 Å². The summed E-state index contributed by atoms with van der Waals surface area (Å²) in [6.07, 6.45) is -2.52. The molecule has 2 aliphatic heterocycles. The number of hydrogen-bond acceptors (Lipinski definition) is 6. The lowest BCUT2D eigenvalue weighted by atomic mass is 9.97. The second-order valence-electron chi connectivity index (χ2n) is 10.2. The molecule has 0 aliphatic carbocycles. The summed E-state index contributed by atoms with van der Waals surface area (Å²) in [6.45, 7) is 9.70. The highest BCUT2D eigenvalue weighted by Crippen LogP contribution is 2.44. The summed E-state index contributed by atoms with van der Waals surface area (Å²) >= 11 is 0. The van der Waals surface area contributed by atoms with Crippen LogP contribution in [0.1, 0.15) is 34.6 Å². The van der Waals surface area contributed by atoms with Crippen LogP contribution in [0.5, 0.6) is 0 Å². The molecule has 2 aromatic rings. The van der Waals surface area contributed by atoms with E-state index in [4.69, 9.17) is 18.6 Å². The molecule has 0 radical (unpaired) electrons. The summed E-state index contributed by atoms with van der Waals surface area (Å²) in [4.78, 5) is 0. The van der Waals surface area contributed by atoms with E-state index in [0.29, 0.717) is 0 Å². The minimum atomic E-state index is -2.86.